The minimum atomic E-state index is -0.198. The molecule has 1 heterocycles. The number of amides is 1. The molecule has 3 rings (SSSR count). The van der Waals surface area contributed by atoms with Crippen LogP contribution in [0.3, 0.4) is 0 Å². The second-order valence-corrected chi connectivity index (χ2v) is 6.05. The molecular weight excluding hydrogens is 288 g/mol. The summed E-state index contributed by atoms with van der Waals surface area (Å²) >= 11 is 0. The molecule has 1 aliphatic rings. The molecule has 0 aliphatic heterocycles. The molecule has 1 aromatic carbocycles. The van der Waals surface area contributed by atoms with Crippen LogP contribution in [-0.2, 0) is 0 Å². The number of hydrogen-bond acceptors (Lipinski definition) is 3. The van der Waals surface area contributed by atoms with E-state index in [4.69, 9.17) is 0 Å². The average molecular weight is 314 g/mol. The van der Waals surface area contributed by atoms with Crippen molar-refractivity contribution in [3.05, 3.63) is 36.0 Å². The summed E-state index contributed by atoms with van der Waals surface area (Å²) < 4.78 is 0. The summed E-state index contributed by atoms with van der Waals surface area (Å²) in [5, 5.41) is 14.2. The van der Waals surface area contributed by atoms with E-state index in [2.05, 4.69) is 10.3 Å². The van der Waals surface area contributed by atoms with E-state index in [1.54, 1.807) is 12.3 Å². The number of phenolic OH excluding ortho intramolecular Hbond substituents is 1. The molecule has 2 aromatic rings. The molecule has 1 amide bonds. The van der Waals surface area contributed by atoms with Crippen molar-refractivity contribution in [2.45, 2.75) is 58.4 Å². The Kier molecular flexibility index (Phi) is 5.97. The SMILES string of the molecule is C.O=C(NC1CCCCCCC1)c1ccc2cccnc2c1O. The van der Waals surface area contributed by atoms with E-state index in [1.807, 2.05) is 18.2 Å². The van der Waals surface area contributed by atoms with E-state index >= 15 is 0 Å². The van der Waals surface area contributed by atoms with Crippen LogP contribution >= 0.6 is 0 Å². The van der Waals surface area contributed by atoms with Gasteiger partial charge in [-0.1, -0.05) is 51.7 Å². The second-order valence-electron chi connectivity index (χ2n) is 6.05. The lowest BCUT2D eigenvalue weighted by Crippen LogP contribution is -2.35. The van der Waals surface area contributed by atoms with E-state index in [1.165, 1.54) is 19.3 Å². The number of rotatable bonds is 2. The zero-order chi connectivity index (χ0) is 15.4. The molecule has 0 spiro atoms. The molecule has 4 nitrogen and oxygen atoms in total. The van der Waals surface area contributed by atoms with Gasteiger partial charge in [0, 0.05) is 17.6 Å². The Hall–Kier alpha value is -2.10. The van der Waals surface area contributed by atoms with Crippen LogP contribution in [0.4, 0.5) is 0 Å². The topological polar surface area (TPSA) is 62.2 Å². The molecule has 0 bridgehead atoms. The number of phenols is 1. The summed E-state index contributed by atoms with van der Waals surface area (Å²) in [6.07, 6.45) is 9.80. The first kappa shape index (κ1) is 17.3. The summed E-state index contributed by atoms with van der Waals surface area (Å²) in [7, 11) is 0. The molecule has 1 aliphatic carbocycles. The molecule has 1 aromatic heterocycles. The van der Waals surface area contributed by atoms with E-state index in [9.17, 15) is 9.90 Å². The van der Waals surface area contributed by atoms with Crippen LogP contribution in [0.1, 0.15) is 62.7 Å². The number of carbonyl (C=O) groups excluding carboxylic acids is 1. The van der Waals surface area contributed by atoms with Crippen molar-refractivity contribution < 1.29 is 9.90 Å². The van der Waals surface area contributed by atoms with Gasteiger partial charge < -0.3 is 10.4 Å². The number of aromatic nitrogens is 1. The van der Waals surface area contributed by atoms with Gasteiger partial charge in [0.25, 0.3) is 5.91 Å². The summed E-state index contributed by atoms with van der Waals surface area (Å²) in [5.41, 5.74) is 0.793. The fourth-order valence-electron chi connectivity index (χ4n) is 3.18. The minimum absolute atomic E-state index is 0. The van der Waals surface area contributed by atoms with Gasteiger partial charge in [0.05, 0.1) is 5.56 Å². The van der Waals surface area contributed by atoms with Crippen LogP contribution in [0, 0.1) is 0 Å². The van der Waals surface area contributed by atoms with Gasteiger partial charge >= 0.3 is 0 Å². The Bertz CT molecular complexity index is 661. The monoisotopic (exact) mass is 314 g/mol. The standard InChI is InChI=1S/C18H22N2O2.CH4/c21-17-15(11-10-13-7-6-12-19-16(13)17)18(22)20-14-8-4-2-1-3-5-9-14;/h6-7,10-12,14,21H,1-5,8-9H2,(H,20,22);1H4. The predicted octanol–water partition coefficient (Wildman–Crippen LogP) is 4.42. The number of aromatic hydroxyl groups is 1. The summed E-state index contributed by atoms with van der Waals surface area (Å²) in [6, 6.07) is 7.41. The average Bonchev–Trinajstić information content (AvgIpc) is 2.50. The third-order valence-electron chi connectivity index (χ3n) is 4.43. The third kappa shape index (κ3) is 4.01. The van der Waals surface area contributed by atoms with E-state index in [-0.39, 0.29) is 25.1 Å². The van der Waals surface area contributed by atoms with Crippen molar-refractivity contribution in [3.8, 4) is 5.75 Å². The third-order valence-corrected chi connectivity index (χ3v) is 4.43. The molecular formula is C19H26N2O2. The van der Waals surface area contributed by atoms with Crippen molar-refractivity contribution in [2.24, 2.45) is 0 Å². The maximum atomic E-state index is 12.5. The molecule has 1 saturated carbocycles. The number of benzene rings is 1. The zero-order valence-corrected chi connectivity index (χ0v) is 12.7. The lowest BCUT2D eigenvalue weighted by atomic mass is 9.96. The highest BCUT2D eigenvalue weighted by Gasteiger charge is 2.18. The molecule has 0 radical (unpaired) electrons. The van der Waals surface area contributed by atoms with Crippen LogP contribution < -0.4 is 5.32 Å². The zero-order valence-electron chi connectivity index (χ0n) is 12.7. The molecule has 0 atom stereocenters. The lowest BCUT2D eigenvalue weighted by Gasteiger charge is -2.21. The van der Waals surface area contributed by atoms with Gasteiger partial charge in [-0.3, -0.25) is 9.78 Å². The fraction of sp³-hybridized carbons (Fsp3) is 0.474. The van der Waals surface area contributed by atoms with Gasteiger partial charge in [0.1, 0.15) is 5.52 Å². The van der Waals surface area contributed by atoms with Crippen LogP contribution in [0.5, 0.6) is 5.75 Å². The first-order chi connectivity index (χ1) is 10.8. The Morgan fingerprint density at radius 3 is 2.52 bits per heavy atom. The fourth-order valence-corrected chi connectivity index (χ4v) is 3.18. The van der Waals surface area contributed by atoms with Crippen molar-refractivity contribution in [3.63, 3.8) is 0 Å². The maximum absolute atomic E-state index is 12.5. The van der Waals surface area contributed by atoms with Gasteiger partial charge in [-0.25, -0.2) is 0 Å². The van der Waals surface area contributed by atoms with E-state index in [0.29, 0.717) is 11.1 Å². The maximum Gasteiger partial charge on any atom is 0.255 e. The van der Waals surface area contributed by atoms with E-state index < -0.39 is 0 Å². The molecule has 0 saturated heterocycles. The summed E-state index contributed by atoms with van der Waals surface area (Å²) in [6.45, 7) is 0. The van der Waals surface area contributed by atoms with Crippen LogP contribution in [0.25, 0.3) is 10.9 Å². The van der Waals surface area contributed by atoms with Gasteiger partial charge in [-0.15, -0.1) is 0 Å². The number of pyridine rings is 1. The highest BCUT2D eigenvalue weighted by atomic mass is 16.3. The molecule has 4 heteroatoms. The first-order valence-electron chi connectivity index (χ1n) is 8.13. The highest BCUT2D eigenvalue weighted by molar-refractivity contribution is 6.02. The van der Waals surface area contributed by atoms with Gasteiger partial charge in [0.2, 0.25) is 0 Å². The van der Waals surface area contributed by atoms with Crippen LogP contribution in [-0.4, -0.2) is 22.0 Å². The Morgan fingerprint density at radius 1 is 1.09 bits per heavy atom. The number of carbonyl (C=O) groups is 1. The van der Waals surface area contributed by atoms with Crippen molar-refractivity contribution in [2.75, 3.05) is 0 Å². The number of nitrogens with zero attached hydrogens (tertiary/aromatic N) is 1. The second kappa shape index (κ2) is 7.95. The summed E-state index contributed by atoms with van der Waals surface area (Å²) in [4.78, 5) is 16.6. The smallest absolute Gasteiger partial charge is 0.255 e. The van der Waals surface area contributed by atoms with Gasteiger partial charge in [0.15, 0.2) is 5.75 Å². The van der Waals surface area contributed by atoms with Crippen molar-refractivity contribution in [1.29, 1.82) is 0 Å². The number of fused-ring (bicyclic) bond motifs is 1. The first-order valence-corrected chi connectivity index (χ1v) is 8.13. The molecule has 124 valence electrons. The molecule has 0 unspecified atom stereocenters. The van der Waals surface area contributed by atoms with Crippen LogP contribution in [0.2, 0.25) is 0 Å². The van der Waals surface area contributed by atoms with Crippen molar-refractivity contribution >= 4 is 16.8 Å². The number of nitrogens with one attached hydrogen (secondary N) is 1. The van der Waals surface area contributed by atoms with Crippen molar-refractivity contribution in [1.82, 2.24) is 10.3 Å². The Labute approximate surface area is 137 Å². The summed E-state index contributed by atoms with van der Waals surface area (Å²) in [5.74, 6) is -0.225. The minimum Gasteiger partial charge on any atom is -0.505 e. The largest absolute Gasteiger partial charge is 0.505 e. The molecule has 1 fully saturated rings. The van der Waals surface area contributed by atoms with Gasteiger partial charge in [-0.05, 0) is 25.0 Å². The predicted molar refractivity (Wildman–Crippen MR) is 93.7 cm³/mol. The molecule has 2 N–H and O–H groups in total. The Morgan fingerprint density at radius 2 is 1.78 bits per heavy atom. The Balaban J connectivity index is 0.00000192. The van der Waals surface area contributed by atoms with E-state index in [0.717, 1.165) is 31.1 Å². The van der Waals surface area contributed by atoms with Gasteiger partial charge in [-0.2, -0.15) is 0 Å². The quantitative estimate of drug-likeness (QED) is 0.862. The normalized spacial score (nSPS) is 16.2. The molecule has 23 heavy (non-hydrogen) atoms. The number of hydrogen-bond donors (Lipinski definition) is 2. The van der Waals surface area contributed by atoms with Crippen LogP contribution in [0.15, 0.2) is 30.5 Å². The highest BCUT2D eigenvalue weighted by Crippen LogP contribution is 2.27. The lowest BCUT2D eigenvalue weighted by molar-refractivity contribution is 0.0928.